The molecule has 1 aliphatic rings. The number of hydrogen-bond acceptors (Lipinski definition) is 6. The molecule has 4 rings (SSSR count). The first-order valence-corrected chi connectivity index (χ1v) is 9.73. The van der Waals surface area contributed by atoms with Crippen molar-refractivity contribution >= 4 is 11.6 Å². The fourth-order valence-corrected chi connectivity index (χ4v) is 3.59. The van der Waals surface area contributed by atoms with E-state index in [1.165, 1.54) is 0 Å². The van der Waals surface area contributed by atoms with Crippen molar-refractivity contribution in [3.8, 4) is 11.3 Å². The molecule has 150 valence electrons. The molecule has 1 atom stereocenters. The molecular formula is C22H25N5O2. The molecule has 1 fully saturated rings. The maximum Gasteiger partial charge on any atom is 0.255 e. The van der Waals surface area contributed by atoms with E-state index in [4.69, 9.17) is 9.72 Å². The van der Waals surface area contributed by atoms with E-state index in [-0.39, 0.29) is 11.7 Å². The molecular weight excluding hydrogens is 366 g/mol. The van der Waals surface area contributed by atoms with Crippen LogP contribution in [0.15, 0.2) is 65.7 Å². The van der Waals surface area contributed by atoms with Crippen LogP contribution in [-0.4, -0.2) is 53.9 Å². The number of aromatic nitrogens is 3. The van der Waals surface area contributed by atoms with Crippen molar-refractivity contribution in [1.82, 2.24) is 14.5 Å². The van der Waals surface area contributed by atoms with Crippen LogP contribution in [0.25, 0.3) is 11.3 Å². The summed E-state index contributed by atoms with van der Waals surface area (Å²) in [6.07, 6.45) is 3.44. The zero-order valence-electron chi connectivity index (χ0n) is 16.7. The van der Waals surface area contributed by atoms with Crippen molar-refractivity contribution in [1.29, 1.82) is 0 Å². The summed E-state index contributed by atoms with van der Waals surface area (Å²) in [5.74, 6) is 0.667. The third-order valence-electron chi connectivity index (χ3n) is 5.18. The lowest BCUT2D eigenvalue weighted by Gasteiger charge is -2.36. The van der Waals surface area contributed by atoms with E-state index in [9.17, 15) is 4.79 Å². The minimum absolute atomic E-state index is 0.0236. The van der Waals surface area contributed by atoms with Gasteiger partial charge in [-0.2, -0.15) is 0 Å². The Labute approximate surface area is 170 Å². The van der Waals surface area contributed by atoms with Gasteiger partial charge >= 0.3 is 0 Å². The van der Waals surface area contributed by atoms with Gasteiger partial charge in [-0.25, -0.2) is 4.98 Å². The average molecular weight is 391 g/mol. The Morgan fingerprint density at radius 2 is 1.93 bits per heavy atom. The van der Waals surface area contributed by atoms with Gasteiger partial charge < -0.3 is 14.5 Å². The normalized spacial score (nSPS) is 16.6. The second-order valence-electron chi connectivity index (χ2n) is 7.23. The fourth-order valence-electron chi connectivity index (χ4n) is 3.59. The number of pyridine rings is 1. The molecule has 3 heterocycles. The SMILES string of the molecule is CN(CC1CN(c2nc(-c3ccncc3)cc(=O)n2C)CCO1)c1ccccc1. The maximum absolute atomic E-state index is 12.6. The smallest absolute Gasteiger partial charge is 0.255 e. The average Bonchev–Trinajstić information content (AvgIpc) is 2.77. The predicted octanol–water partition coefficient (Wildman–Crippen LogP) is 2.18. The first kappa shape index (κ1) is 19.1. The van der Waals surface area contributed by atoms with E-state index in [0.29, 0.717) is 31.3 Å². The molecule has 0 spiro atoms. The molecule has 0 radical (unpaired) electrons. The van der Waals surface area contributed by atoms with Crippen LogP contribution in [0.2, 0.25) is 0 Å². The second kappa shape index (κ2) is 8.45. The van der Waals surface area contributed by atoms with E-state index in [1.54, 1.807) is 30.1 Å². The van der Waals surface area contributed by atoms with Crippen LogP contribution in [0.1, 0.15) is 0 Å². The van der Waals surface area contributed by atoms with E-state index >= 15 is 0 Å². The standard InChI is InChI=1S/C22H25N5O2/c1-25(18-6-4-3-5-7-18)15-19-16-27(12-13-29-19)22-24-20(14-21(28)26(22)2)17-8-10-23-11-9-17/h3-11,14,19H,12-13,15-16H2,1-2H3. The molecule has 1 unspecified atom stereocenters. The highest BCUT2D eigenvalue weighted by atomic mass is 16.5. The zero-order chi connectivity index (χ0) is 20.2. The molecule has 1 saturated heterocycles. The number of likely N-dealkylation sites (N-methyl/N-ethyl adjacent to an activating group) is 1. The molecule has 0 bridgehead atoms. The van der Waals surface area contributed by atoms with Gasteiger partial charge in [-0.3, -0.25) is 14.3 Å². The van der Waals surface area contributed by atoms with Crippen LogP contribution in [0.5, 0.6) is 0 Å². The highest BCUT2D eigenvalue weighted by molar-refractivity contribution is 5.59. The van der Waals surface area contributed by atoms with Gasteiger partial charge in [-0.05, 0) is 24.3 Å². The summed E-state index contributed by atoms with van der Waals surface area (Å²) in [5, 5.41) is 0. The topological polar surface area (TPSA) is 63.5 Å². The van der Waals surface area contributed by atoms with Gasteiger partial charge in [0, 0.05) is 63.4 Å². The minimum atomic E-state index is -0.0775. The van der Waals surface area contributed by atoms with Crippen molar-refractivity contribution in [3.63, 3.8) is 0 Å². The number of benzene rings is 1. The Bertz CT molecular complexity index is 1010. The Morgan fingerprint density at radius 1 is 1.17 bits per heavy atom. The Morgan fingerprint density at radius 3 is 2.69 bits per heavy atom. The molecule has 0 aliphatic carbocycles. The second-order valence-corrected chi connectivity index (χ2v) is 7.23. The number of rotatable bonds is 5. The maximum atomic E-state index is 12.6. The van der Waals surface area contributed by atoms with Crippen LogP contribution in [-0.2, 0) is 11.8 Å². The summed E-state index contributed by atoms with van der Waals surface area (Å²) >= 11 is 0. The van der Waals surface area contributed by atoms with E-state index in [0.717, 1.165) is 17.8 Å². The van der Waals surface area contributed by atoms with Gasteiger partial charge in [0.25, 0.3) is 5.56 Å². The number of ether oxygens (including phenoxy) is 1. The Kier molecular flexibility index (Phi) is 5.57. The van der Waals surface area contributed by atoms with Gasteiger partial charge in [0.15, 0.2) is 0 Å². The highest BCUT2D eigenvalue weighted by Crippen LogP contribution is 2.20. The largest absolute Gasteiger partial charge is 0.373 e. The van der Waals surface area contributed by atoms with Gasteiger partial charge in [0.1, 0.15) is 0 Å². The Balaban J connectivity index is 1.55. The van der Waals surface area contributed by atoms with E-state index in [1.807, 2.05) is 30.3 Å². The Hall–Kier alpha value is -3.19. The lowest BCUT2D eigenvalue weighted by molar-refractivity contribution is 0.0451. The molecule has 2 aromatic heterocycles. The minimum Gasteiger partial charge on any atom is -0.373 e. The summed E-state index contributed by atoms with van der Waals surface area (Å²) in [5.41, 5.74) is 2.62. The summed E-state index contributed by atoms with van der Waals surface area (Å²) < 4.78 is 7.61. The van der Waals surface area contributed by atoms with Crippen LogP contribution in [0.3, 0.4) is 0 Å². The van der Waals surface area contributed by atoms with Crippen molar-refractivity contribution in [2.75, 3.05) is 43.1 Å². The lowest BCUT2D eigenvalue weighted by Crippen LogP contribution is -2.48. The quantitative estimate of drug-likeness (QED) is 0.664. The van der Waals surface area contributed by atoms with Crippen molar-refractivity contribution in [2.24, 2.45) is 7.05 Å². The van der Waals surface area contributed by atoms with Crippen molar-refractivity contribution in [2.45, 2.75) is 6.10 Å². The molecule has 7 heteroatoms. The lowest BCUT2D eigenvalue weighted by atomic mass is 10.2. The zero-order valence-corrected chi connectivity index (χ0v) is 16.7. The summed E-state index contributed by atoms with van der Waals surface area (Å²) in [7, 11) is 3.83. The molecule has 0 amide bonds. The molecule has 7 nitrogen and oxygen atoms in total. The van der Waals surface area contributed by atoms with Crippen LogP contribution < -0.4 is 15.4 Å². The number of para-hydroxylation sites is 1. The molecule has 0 N–H and O–H groups in total. The van der Waals surface area contributed by atoms with E-state index in [2.05, 4.69) is 34.0 Å². The third kappa shape index (κ3) is 4.30. The van der Waals surface area contributed by atoms with Gasteiger partial charge in [0.05, 0.1) is 18.4 Å². The summed E-state index contributed by atoms with van der Waals surface area (Å²) in [6.45, 7) is 2.74. The summed E-state index contributed by atoms with van der Waals surface area (Å²) in [6, 6.07) is 15.5. The van der Waals surface area contributed by atoms with Crippen LogP contribution >= 0.6 is 0 Å². The first-order valence-electron chi connectivity index (χ1n) is 9.73. The van der Waals surface area contributed by atoms with Crippen LogP contribution in [0.4, 0.5) is 11.6 Å². The molecule has 29 heavy (non-hydrogen) atoms. The van der Waals surface area contributed by atoms with E-state index < -0.39 is 0 Å². The van der Waals surface area contributed by atoms with Gasteiger partial charge in [0.2, 0.25) is 5.95 Å². The fraction of sp³-hybridized carbons (Fsp3) is 0.318. The summed E-state index contributed by atoms with van der Waals surface area (Å²) in [4.78, 5) is 25.7. The third-order valence-corrected chi connectivity index (χ3v) is 5.18. The highest BCUT2D eigenvalue weighted by Gasteiger charge is 2.25. The molecule has 3 aromatic rings. The molecule has 1 aromatic carbocycles. The first-order chi connectivity index (χ1) is 14.1. The molecule has 1 aliphatic heterocycles. The predicted molar refractivity (Wildman–Crippen MR) is 114 cm³/mol. The van der Waals surface area contributed by atoms with Gasteiger partial charge in [-0.1, -0.05) is 18.2 Å². The monoisotopic (exact) mass is 391 g/mol. The molecule has 0 saturated carbocycles. The van der Waals surface area contributed by atoms with Crippen LogP contribution in [0, 0.1) is 0 Å². The number of morpholine rings is 1. The van der Waals surface area contributed by atoms with Crippen molar-refractivity contribution < 1.29 is 4.74 Å². The number of hydrogen-bond donors (Lipinski definition) is 0. The number of nitrogens with zero attached hydrogens (tertiary/aromatic N) is 5. The van der Waals surface area contributed by atoms with Crippen molar-refractivity contribution in [3.05, 3.63) is 71.3 Å². The van der Waals surface area contributed by atoms with Gasteiger partial charge in [-0.15, -0.1) is 0 Å². The number of anilines is 2.